The molecule has 6 heteroatoms. The molecule has 1 aliphatic rings. The van der Waals surface area contributed by atoms with Gasteiger partial charge in [0.1, 0.15) is 12.7 Å². The minimum absolute atomic E-state index is 0.00134. The maximum absolute atomic E-state index is 12.3. The van der Waals surface area contributed by atoms with E-state index in [1.165, 1.54) is 11.1 Å². The van der Waals surface area contributed by atoms with Gasteiger partial charge in [0.05, 0.1) is 6.10 Å². The van der Waals surface area contributed by atoms with E-state index < -0.39 is 18.3 Å². The lowest BCUT2D eigenvalue weighted by atomic mass is 9.98. The van der Waals surface area contributed by atoms with Crippen molar-refractivity contribution in [1.29, 1.82) is 0 Å². The summed E-state index contributed by atoms with van der Waals surface area (Å²) in [5.41, 5.74) is 6.41. The van der Waals surface area contributed by atoms with Gasteiger partial charge in [-0.3, -0.25) is 0 Å². The van der Waals surface area contributed by atoms with E-state index in [0.717, 1.165) is 23.2 Å². The lowest BCUT2D eigenvalue weighted by molar-refractivity contribution is 0.0136. The van der Waals surface area contributed by atoms with Gasteiger partial charge in [-0.25, -0.2) is 4.79 Å². The zero-order valence-electron chi connectivity index (χ0n) is 18.7. The third-order valence-electron chi connectivity index (χ3n) is 6.12. The fraction of sp³-hybridized carbons (Fsp3) is 0.296. The number of fused-ring (bicyclic) bond motifs is 3. The van der Waals surface area contributed by atoms with Crippen molar-refractivity contribution in [3.05, 3.63) is 95.1 Å². The molecular weight excluding hydrogens is 416 g/mol. The molecule has 0 radical (unpaired) electrons. The number of benzene rings is 3. The smallest absolute Gasteiger partial charge is 0.407 e. The van der Waals surface area contributed by atoms with Crippen LogP contribution in [-0.4, -0.2) is 42.6 Å². The van der Waals surface area contributed by atoms with Crippen molar-refractivity contribution < 1.29 is 19.7 Å². The van der Waals surface area contributed by atoms with Gasteiger partial charge in [-0.15, -0.1) is 0 Å². The van der Waals surface area contributed by atoms with Crippen LogP contribution in [-0.2, 0) is 11.3 Å². The molecule has 4 N–H and O–H groups in total. The number of carbonyl (C=O) groups excluding carboxylic acids is 1. The highest BCUT2D eigenvalue weighted by Gasteiger charge is 2.29. The molecule has 172 valence electrons. The summed E-state index contributed by atoms with van der Waals surface area (Å²) in [6.07, 6.45) is -2.33. The first-order chi connectivity index (χ1) is 16.1. The van der Waals surface area contributed by atoms with Crippen LogP contribution < -0.4 is 10.6 Å². The Labute approximate surface area is 194 Å². The quantitative estimate of drug-likeness (QED) is 0.402. The van der Waals surface area contributed by atoms with Crippen LogP contribution in [0, 0.1) is 0 Å². The van der Waals surface area contributed by atoms with Crippen LogP contribution in [0.15, 0.2) is 72.8 Å². The van der Waals surface area contributed by atoms with Crippen LogP contribution in [0.1, 0.15) is 40.7 Å². The topological polar surface area (TPSA) is 90.8 Å². The lowest BCUT2D eigenvalue weighted by Gasteiger charge is -2.19. The molecule has 0 saturated heterocycles. The molecule has 3 aromatic rings. The Balaban J connectivity index is 1.25. The Morgan fingerprint density at radius 1 is 0.939 bits per heavy atom. The third kappa shape index (κ3) is 5.25. The normalized spacial score (nSPS) is 14.3. The first-order valence-electron chi connectivity index (χ1n) is 11.3. The molecule has 0 aromatic heterocycles. The van der Waals surface area contributed by atoms with Crippen molar-refractivity contribution in [2.75, 3.05) is 20.2 Å². The Hall–Kier alpha value is -3.19. The molecule has 2 atom stereocenters. The zero-order chi connectivity index (χ0) is 23.2. The number of hydrogen-bond acceptors (Lipinski definition) is 5. The number of aliphatic hydroxyl groups excluding tert-OH is 2. The molecule has 6 nitrogen and oxygen atoms in total. The lowest BCUT2D eigenvalue weighted by Crippen LogP contribution is -2.30. The highest BCUT2D eigenvalue weighted by Crippen LogP contribution is 2.44. The van der Waals surface area contributed by atoms with Crippen LogP contribution in [0.4, 0.5) is 4.79 Å². The first-order valence-corrected chi connectivity index (χ1v) is 11.3. The summed E-state index contributed by atoms with van der Waals surface area (Å²) < 4.78 is 5.50. The maximum atomic E-state index is 12.3. The molecule has 0 spiro atoms. The van der Waals surface area contributed by atoms with Crippen LogP contribution in [0.3, 0.4) is 0 Å². The van der Waals surface area contributed by atoms with Gasteiger partial charge in [-0.2, -0.15) is 0 Å². The molecule has 33 heavy (non-hydrogen) atoms. The van der Waals surface area contributed by atoms with E-state index in [1.807, 2.05) is 43.4 Å². The van der Waals surface area contributed by atoms with Gasteiger partial charge in [0, 0.05) is 19.0 Å². The summed E-state index contributed by atoms with van der Waals surface area (Å²) in [5, 5.41) is 26.5. The Kier molecular flexibility index (Phi) is 7.40. The van der Waals surface area contributed by atoms with Crippen molar-refractivity contribution in [2.24, 2.45) is 0 Å². The van der Waals surface area contributed by atoms with E-state index >= 15 is 0 Å². The zero-order valence-corrected chi connectivity index (χ0v) is 18.7. The second-order valence-corrected chi connectivity index (χ2v) is 8.33. The van der Waals surface area contributed by atoms with Crippen LogP contribution in [0.5, 0.6) is 0 Å². The predicted molar refractivity (Wildman–Crippen MR) is 128 cm³/mol. The van der Waals surface area contributed by atoms with E-state index in [-0.39, 0.29) is 25.5 Å². The van der Waals surface area contributed by atoms with E-state index in [4.69, 9.17) is 4.74 Å². The molecule has 0 heterocycles. The fourth-order valence-electron chi connectivity index (χ4n) is 4.39. The molecule has 1 amide bonds. The largest absolute Gasteiger partial charge is 0.449 e. The fourth-order valence-corrected chi connectivity index (χ4v) is 4.39. The van der Waals surface area contributed by atoms with Crippen LogP contribution in [0.25, 0.3) is 11.1 Å². The summed E-state index contributed by atoms with van der Waals surface area (Å²) in [7, 11) is 1.87. The Morgan fingerprint density at radius 3 is 2.15 bits per heavy atom. The SMILES string of the molecule is CNCc1ccc(C(O)C(O)CCNC(=O)OCC2c3ccccc3-c3ccccc32)cc1. The van der Waals surface area contributed by atoms with E-state index in [9.17, 15) is 15.0 Å². The van der Waals surface area contributed by atoms with Crippen LogP contribution in [0.2, 0.25) is 0 Å². The van der Waals surface area contributed by atoms with Gasteiger partial charge in [0.25, 0.3) is 0 Å². The summed E-state index contributed by atoms with van der Waals surface area (Å²) >= 11 is 0. The predicted octanol–water partition coefficient (Wildman–Crippen LogP) is 3.73. The van der Waals surface area contributed by atoms with Crippen molar-refractivity contribution in [3.8, 4) is 11.1 Å². The van der Waals surface area contributed by atoms with Crippen LogP contribution >= 0.6 is 0 Å². The summed E-state index contributed by atoms with van der Waals surface area (Å²) in [4.78, 5) is 12.3. The number of aliphatic hydroxyl groups is 2. The molecule has 0 saturated carbocycles. The maximum Gasteiger partial charge on any atom is 0.407 e. The summed E-state index contributed by atoms with van der Waals surface area (Å²) in [5.74, 6) is 0.00134. The van der Waals surface area contributed by atoms with Crippen molar-refractivity contribution in [2.45, 2.75) is 31.1 Å². The van der Waals surface area contributed by atoms with Gasteiger partial charge >= 0.3 is 6.09 Å². The number of hydrogen-bond donors (Lipinski definition) is 4. The number of ether oxygens (including phenoxy) is 1. The van der Waals surface area contributed by atoms with Crippen molar-refractivity contribution >= 4 is 6.09 Å². The third-order valence-corrected chi connectivity index (χ3v) is 6.12. The number of alkyl carbamates (subject to hydrolysis) is 1. The van der Waals surface area contributed by atoms with Gasteiger partial charge in [-0.1, -0.05) is 72.8 Å². The van der Waals surface area contributed by atoms with E-state index in [1.54, 1.807) is 12.1 Å². The average Bonchev–Trinajstić information content (AvgIpc) is 3.16. The second-order valence-electron chi connectivity index (χ2n) is 8.33. The molecule has 3 aromatic carbocycles. The summed E-state index contributed by atoms with van der Waals surface area (Å²) in [6, 6.07) is 23.8. The van der Waals surface area contributed by atoms with Gasteiger partial charge in [0.2, 0.25) is 0 Å². The minimum Gasteiger partial charge on any atom is -0.449 e. The molecule has 0 fully saturated rings. The number of amides is 1. The molecule has 0 aliphatic heterocycles. The number of nitrogens with one attached hydrogen (secondary N) is 2. The van der Waals surface area contributed by atoms with Gasteiger partial charge in [-0.05, 0) is 46.8 Å². The highest BCUT2D eigenvalue weighted by atomic mass is 16.5. The van der Waals surface area contributed by atoms with Crippen molar-refractivity contribution in [1.82, 2.24) is 10.6 Å². The minimum atomic E-state index is -1.02. The molecular formula is C27H30N2O4. The Morgan fingerprint density at radius 2 is 1.55 bits per heavy atom. The van der Waals surface area contributed by atoms with E-state index in [2.05, 4.69) is 34.9 Å². The average molecular weight is 447 g/mol. The van der Waals surface area contributed by atoms with Gasteiger partial charge in [0.15, 0.2) is 0 Å². The Bertz CT molecular complexity index is 1040. The monoisotopic (exact) mass is 446 g/mol. The first kappa shape index (κ1) is 23.0. The number of carbonyl (C=O) groups is 1. The summed E-state index contributed by atoms with van der Waals surface area (Å²) in [6.45, 7) is 1.18. The highest BCUT2D eigenvalue weighted by molar-refractivity contribution is 5.79. The molecule has 0 bridgehead atoms. The standard InChI is InChI=1S/C27H30N2O4/c1-28-16-18-10-12-19(13-11-18)26(31)25(30)14-15-29-27(32)33-17-24-22-8-4-2-6-20(22)21-7-3-5-9-23(21)24/h2-13,24-26,28,30-31H,14-17H2,1H3,(H,29,32). The molecule has 2 unspecified atom stereocenters. The van der Waals surface area contributed by atoms with Crippen molar-refractivity contribution in [3.63, 3.8) is 0 Å². The number of rotatable bonds is 9. The molecule has 4 rings (SSSR count). The van der Waals surface area contributed by atoms with Gasteiger partial charge < -0.3 is 25.6 Å². The second kappa shape index (κ2) is 10.6. The van der Waals surface area contributed by atoms with E-state index in [0.29, 0.717) is 5.56 Å². The molecule has 1 aliphatic carbocycles.